The number of nitrogens with zero attached hydrogens (tertiary/aromatic N) is 3. The van der Waals surface area contributed by atoms with Crippen molar-refractivity contribution in [2.45, 2.75) is 0 Å². The summed E-state index contributed by atoms with van der Waals surface area (Å²) >= 11 is 0. The van der Waals surface area contributed by atoms with Crippen LogP contribution in [-0.4, -0.2) is 15.4 Å². The summed E-state index contributed by atoms with van der Waals surface area (Å²) in [5.74, 6) is 0. The molecule has 0 spiro atoms. The van der Waals surface area contributed by atoms with Gasteiger partial charge in [-0.3, -0.25) is 0 Å². The highest BCUT2D eigenvalue weighted by molar-refractivity contribution is 6.20. The Bertz CT molecular complexity index is 3330. The first-order chi connectivity index (χ1) is 30.3. The van der Waals surface area contributed by atoms with Crippen LogP contribution in [0.5, 0.6) is 0 Å². The van der Waals surface area contributed by atoms with E-state index in [0.29, 0.717) is 0 Å². The van der Waals surface area contributed by atoms with Gasteiger partial charge < -0.3 is 4.42 Å². The summed E-state index contributed by atoms with van der Waals surface area (Å²) in [5.41, 5.74) is 17.7. The Labute approximate surface area is 354 Å². The number of furan rings is 1. The van der Waals surface area contributed by atoms with Crippen molar-refractivity contribution < 1.29 is 4.42 Å². The maximum Gasteiger partial charge on any atom is 0.136 e. The van der Waals surface area contributed by atoms with Crippen molar-refractivity contribution in [3.05, 3.63) is 224 Å². The number of aromatic nitrogens is 3. The molecular weight excluding hydrogens is 743 g/mol. The van der Waals surface area contributed by atoms with E-state index in [1.54, 1.807) is 0 Å². The maximum absolute atomic E-state index is 6.72. The number of para-hydroxylation sites is 1. The van der Waals surface area contributed by atoms with Gasteiger partial charge in [0, 0.05) is 38.6 Å². The summed E-state index contributed by atoms with van der Waals surface area (Å²) in [4.78, 5) is 0. The van der Waals surface area contributed by atoms with Gasteiger partial charge in [-0.25, -0.2) is 0 Å². The summed E-state index contributed by atoms with van der Waals surface area (Å²) in [6, 6.07) is 78.7. The Kier molecular flexibility index (Phi) is 9.14. The van der Waals surface area contributed by atoms with Crippen LogP contribution >= 0.6 is 0 Å². The summed E-state index contributed by atoms with van der Waals surface area (Å²) in [7, 11) is 0. The second-order valence-electron chi connectivity index (χ2n) is 15.1. The highest BCUT2D eigenvalue weighted by Gasteiger charge is 2.30. The normalized spacial score (nSPS) is 11.3. The maximum atomic E-state index is 6.72. The van der Waals surface area contributed by atoms with E-state index in [0.717, 1.165) is 111 Å². The van der Waals surface area contributed by atoms with Crippen molar-refractivity contribution >= 4 is 21.9 Å². The molecule has 2 heterocycles. The standard InChI is InChI=1S/C57H37N3O/c1-6-20-38(21-7-1)43-30-16-17-31-46(43)47-35-34-44(39-22-8-2-9-23-39)54(53-45(40-24-10-3-11-25-40)36-37-50-52(53)48-32-18-19-33-49(48)61-50)55(47)57-51(41-26-12-4-13-27-41)56(58-60-59-57)42-28-14-5-15-29-42/h1-37H. The smallest absolute Gasteiger partial charge is 0.136 e. The van der Waals surface area contributed by atoms with E-state index in [9.17, 15) is 0 Å². The molecule has 0 N–H and O–H groups in total. The van der Waals surface area contributed by atoms with Crippen molar-refractivity contribution in [2.24, 2.45) is 0 Å². The van der Waals surface area contributed by atoms with Gasteiger partial charge in [-0.1, -0.05) is 212 Å². The lowest BCUT2D eigenvalue weighted by atomic mass is 9.78. The molecule has 0 saturated carbocycles. The van der Waals surface area contributed by atoms with Gasteiger partial charge in [-0.2, -0.15) is 0 Å². The molecule has 0 unspecified atom stereocenters. The van der Waals surface area contributed by atoms with Crippen molar-refractivity contribution in [1.29, 1.82) is 0 Å². The van der Waals surface area contributed by atoms with Crippen LogP contribution in [0.25, 0.3) is 111 Å². The minimum absolute atomic E-state index is 0.731. The van der Waals surface area contributed by atoms with Crippen LogP contribution < -0.4 is 0 Å². The zero-order valence-electron chi connectivity index (χ0n) is 33.1. The highest BCUT2D eigenvalue weighted by atomic mass is 16.3. The fraction of sp³-hybridized carbons (Fsp3) is 0. The molecule has 11 aromatic rings. The van der Waals surface area contributed by atoms with E-state index < -0.39 is 0 Å². The van der Waals surface area contributed by atoms with Gasteiger partial charge in [0.05, 0.1) is 0 Å². The number of fused-ring (bicyclic) bond motifs is 3. The minimum atomic E-state index is 0.731. The Balaban J connectivity index is 1.40. The van der Waals surface area contributed by atoms with Gasteiger partial charge in [0.2, 0.25) is 0 Å². The number of hydrogen-bond donors (Lipinski definition) is 0. The number of hydrogen-bond acceptors (Lipinski definition) is 4. The molecule has 0 bridgehead atoms. The molecule has 11 rings (SSSR count). The van der Waals surface area contributed by atoms with E-state index >= 15 is 0 Å². The molecule has 0 aliphatic rings. The number of rotatable bonds is 8. The average Bonchev–Trinajstić information content (AvgIpc) is 3.73. The second-order valence-corrected chi connectivity index (χ2v) is 15.1. The van der Waals surface area contributed by atoms with E-state index in [4.69, 9.17) is 14.6 Å². The molecule has 0 aliphatic heterocycles. The third-order valence-electron chi connectivity index (χ3n) is 11.6. The molecule has 0 radical (unpaired) electrons. The first kappa shape index (κ1) is 35.9. The van der Waals surface area contributed by atoms with Crippen molar-refractivity contribution in [3.8, 4) is 89.3 Å². The van der Waals surface area contributed by atoms with E-state index in [-0.39, 0.29) is 0 Å². The van der Waals surface area contributed by atoms with Gasteiger partial charge in [0.1, 0.15) is 22.6 Å². The van der Waals surface area contributed by atoms with E-state index in [1.165, 1.54) is 0 Å². The van der Waals surface area contributed by atoms with Crippen molar-refractivity contribution in [2.75, 3.05) is 0 Å². The van der Waals surface area contributed by atoms with Crippen molar-refractivity contribution in [3.63, 3.8) is 0 Å². The highest BCUT2D eigenvalue weighted by Crippen LogP contribution is 2.54. The molecule has 0 atom stereocenters. The molecule has 2 aromatic heterocycles. The van der Waals surface area contributed by atoms with Crippen LogP contribution in [-0.2, 0) is 0 Å². The van der Waals surface area contributed by atoms with Crippen molar-refractivity contribution in [1.82, 2.24) is 15.4 Å². The molecule has 0 aliphatic carbocycles. The largest absolute Gasteiger partial charge is 0.456 e. The Morgan fingerprint density at radius 3 is 1.36 bits per heavy atom. The monoisotopic (exact) mass is 779 g/mol. The quantitative estimate of drug-likeness (QED) is 0.154. The van der Waals surface area contributed by atoms with Gasteiger partial charge >= 0.3 is 0 Å². The first-order valence-corrected chi connectivity index (χ1v) is 20.5. The Morgan fingerprint density at radius 1 is 0.262 bits per heavy atom. The van der Waals surface area contributed by atoms with Gasteiger partial charge in [-0.05, 0) is 67.4 Å². The fourth-order valence-electron chi connectivity index (χ4n) is 8.89. The lowest BCUT2D eigenvalue weighted by molar-refractivity contribution is 0.669. The average molecular weight is 780 g/mol. The lowest BCUT2D eigenvalue weighted by Crippen LogP contribution is -2.04. The third-order valence-corrected chi connectivity index (χ3v) is 11.6. The predicted octanol–water partition coefficient (Wildman–Crippen LogP) is 15.1. The topological polar surface area (TPSA) is 51.8 Å². The zero-order valence-corrected chi connectivity index (χ0v) is 33.1. The van der Waals surface area contributed by atoms with Crippen LogP contribution in [0, 0.1) is 0 Å². The molecule has 61 heavy (non-hydrogen) atoms. The van der Waals surface area contributed by atoms with Gasteiger partial charge in [0.25, 0.3) is 0 Å². The molecule has 0 amide bonds. The molecule has 0 fully saturated rings. The SMILES string of the molecule is c1ccc(-c2ccccc2-c2ccc(-c3ccccc3)c(-c3c(-c4ccccc4)ccc4oc5ccccc5c34)c2-c2nnnc(-c3ccccc3)c2-c2ccccc2)cc1. The van der Waals surface area contributed by atoms with Crippen LogP contribution in [0.15, 0.2) is 229 Å². The summed E-state index contributed by atoms with van der Waals surface area (Å²) in [5, 5.41) is 16.7. The molecule has 0 saturated heterocycles. The van der Waals surface area contributed by atoms with Crippen LogP contribution in [0.1, 0.15) is 0 Å². The van der Waals surface area contributed by atoms with Gasteiger partial charge in [-0.15, -0.1) is 10.2 Å². The number of benzene rings is 9. The van der Waals surface area contributed by atoms with Crippen LogP contribution in [0.2, 0.25) is 0 Å². The molecule has 4 nitrogen and oxygen atoms in total. The Morgan fingerprint density at radius 2 is 0.721 bits per heavy atom. The molecule has 286 valence electrons. The van der Waals surface area contributed by atoms with Crippen LogP contribution in [0.3, 0.4) is 0 Å². The molecule has 9 aromatic carbocycles. The van der Waals surface area contributed by atoms with E-state index in [2.05, 4.69) is 199 Å². The van der Waals surface area contributed by atoms with Gasteiger partial charge in [0.15, 0.2) is 0 Å². The lowest BCUT2D eigenvalue weighted by Gasteiger charge is -2.25. The summed E-state index contributed by atoms with van der Waals surface area (Å²) in [6.45, 7) is 0. The molecule has 4 heteroatoms. The Hall–Kier alpha value is -8.21. The third kappa shape index (κ3) is 6.39. The first-order valence-electron chi connectivity index (χ1n) is 20.5. The zero-order chi connectivity index (χ0) is 40.5. The summed E-state index contributed by atoms with van der Waals surface area (Å²) < 4.78 is 6.72. The molecular formula is C57H37N3O. The van der Waals surface area contributed by atoms with Crippen LogP contribution in [0.4, 0.5) is 0 Å². The summed E-state index contributed by atoms with van der Waals surface area (Å²) in [6.07, 6.45) is 0. The fourth-order valence-corrected chi connectivity index (χ4v) is 8.89. The predicted molar refractivity (Wildman–Crippen MR) is 251 cm³/mol. The minimum Gasteiger partial charge on any atom is -0.456 e. The second kappa shape index (κ2) is 15.5. The van der Waals surface area contributed by atoms with E-state index in [1.807, 2.05) is 30.3 Å².